The Balaban J connectivity index is 2.11. The Morgan fingerprint density at radius 2 is 1.71 bits per heavy atom. The summed E-state index contributed by atoms with van der Waals surface area (Å²) in [5, 5.41) is 12.6. The Kier molecular flexibility index (Phi) is 3.24. The molecule has 0 aromatic carbocycles. The molecule has 14 heavy (non-hydrogen) atoms. The largest absolute Gasteiger partial charge is 0.384 e. The summed E-state index contributed by atoms with van der Waals surface area (Å²) in [6.45, 7) is 0. The maximum Gasteiger partial charge on any atom is 0.0987 e. The average molecular weight is 210 g/mol. The highest BCUT2D eigenvalue weighted by molar-refractivity contribution is 7.10. The van der Waals surface area contributed by atoms with E-state index in [9.17, 15) is 5.11 Å². The summed E-state index contributed by atoms with van der Waals surface area (Å²) >= 11 is 1.69. The zero-order valence-electron chi connectivity index (χ0n) is 8.54. The van der Waals surface area contributed by atoms with Gasteiger partial charge in [-0.25, -0.2) is 0 Å². The molecule has 0 bridgehead atoms. The highest BCUT2D eigenvalue weighted by Crippen LogP contribution is 2.37. The summed E-state index contributed by atoms with van der Waals surface area (Å²) in [5.41, 5.74) is -0.505. The monoisotopic (exact) mass is 210 g/mol. The van der Waals surface area contributed by atoms with E-state index in [1.807, 2.05) is 6.07 Å². The van der Waals surface area contributed by atoms with Crippen molar-refractivity contribution in [2.75, 3.05) is 0 Å². The Hall–Kier alpha value is -0.340. The van der Waals surface area contributed by atoms with E-state index in [2.05, 4.69) is 11.4 Å². The maximum absolute atomic E-state index is 10.5. The molecule has 78 valence electrons. The van der Waals surface area contributed by atoms with Crippen LogP contribution in [-0.2, 0) is 5.60 Å². The first-order valence-electron chi connectivity index (χ1n) is 5.58. The molecular formula is C12H18OS. The van der Waals surface area contributed by atoms with Gasteiger partial charge in [-0.05, 0) is 24.3 Å². The molecule has 1 aliphatic carbocycles. The molecule has 1 aliphatic rings. The van der Waals surface area contributed by atoms with Crippen molar-refractivity contribution in [1.29, 1.82) is 0 Å². The van der Waals surface area contributed by atoms with Gasteiger partial charge in [-0.15, -0.1) is 11.3 Å². The summed E-state index contributed by atoms with van der Waals surface area (Å²) in [4.78, 5) is 1.17. The van der Waals surface area contributed by atoms with Gasteiger partial charge in [0.05, 0.1) is 5.60 Å². The van der Waals surface area contributed by atoms with Gasteiger partial charge in [-0.2, -0.15) is 0 Å². The van der Waals surface area contributed by atoms with Gasteiger partial charge in [0, 0.05) is 4.88 Å². The molecule has 1 fully saturated rings. The molecule has 0 unspecified atom stereocenters. The van der Waals surface area contributed by atoms with E-state index in [1.54, 1.807) is 11.3 Å². The van der Waals surface area contributed by atoms with Crippen LogP contribution in [0.25, 0.3) is 0 Å². The molecule has 0 radical (unpaired) electrons. The van der Waals surface area contributed by atoms with Crippen molar-refractivity contribution in [1.82, 2.24) is 0 Å². The minimum Gasteiger partial charge on any atom is -0.384 e. The van der Waals surface area contributed by atoms with E-state index < -0.39 is 5.60 Å². The fourth-order valence-electron chi connectivity index (χ4n) is 2.28. The van der Waals surface area contributed by atoms with Crippen molar-refractivity contribution < 1.29 is 5.11 Å². The standard InChI is InChI=1S/C12H18OS/c13-12(11-7-6-10-14-11)8-4-2-1-3-5-9-12/h6-7,10,13H,1-5,8-9H2. The lowest BCUT2D eigenvalue weighted by atomic mass is 9.86. The number of hydrogen-bond acceptors (Lipinski definition) is 2. The summed E-state index contributed by atoms with van der Waals surface area (Å²) in [6, 6.07) is 4.11. The SMILES string of the molecule is OC1(c2cccs2)CCCCCCC1. The van der Waals surface area contributed by atoms with E-state index >= 15 is 0 Å². The van der Waals surface area contributed by atoms with Gasteiger partial charge in [0.1, 0.15) is 0 Å². The van der Waals surface area contributed by atoms with Crippen LogP contribution in [0.2, 0.25) is 0 Å². The summed E-state index contributed by atoms with van der Waals surface area (Å²) in [7, 11) is 0. The fraction of sp³-hybridized carbons (Fsp3) is 0.667. The van der Waals surface area contributed by atoms with Crippen molar-refractivity contribution in [2.24, 2.45) is 0 Å². The van der Waals surface area contributed by atoms with Crippen molar-refractivity contribution in [3.8, 4) is 0 Å². The van der Waals surface area contributed by atoms with Crippen molar-refractivity contribution in [3.63, 3.8) is 0 Å². The van der Waals surface area contributed by atoms with E-state index in [0.29, 0.717) is 0 Å². The third-order valence-electron chi connectivity index (χ3n) is 3.16. The van der Waals surface area contributed by atoms with Crippen LogP contribution in [0.3, 0.4) is 0 Å². The molecular weight excluding hydrogens is 192 g/mol. The van der Waals surface area contributed by atoms with Crippen LogP contribution in [0.1, 0.15) is 49.8 Å². The Bertz CT molecular complexity index is 258. The molecule has 0 saturated heterocycles. The zero-order chi connectivity index (χ0) is 9.86. The lowest BCUT2D eigenvalue weighted by Gasteiger charge is -2.29. The number of hydrogen-bond donors (Lipinski definition) is 1. The molecule has 1 aromatic rings. The molecule has 0 spiro atoms. The van der Waals surface area contributed by atoms with Crippen LogP contribution >= 0.6 is 11.3 Å². The van der Waals surface area contributed by atoms with Crippen molar-refractivity contribution >= 4 is 11.3 Å². The number of rotatable bonds is 1. The van der Waals surface area contributed by atoms with E-state index in [1.165, 1.54) is 37.0 Å². The van der Waals surface area contributed by atoms with Gasteiger partial charge in [0.25, 0.3) is 0 Å². The van der Waals surface area contributed by atoms with Crippen molar-refractivity contribution in [2.45, 2.75) is 50.5 Å². The fourth-order valence-corrected chi connectivity index (χ4v) is 3.16. The molecule has 0 atom stereocenters. The molecule has 1 nitrogen and oxygen atoms in total. The molecule has 1 aromatic heterocycles. The van der Waals surface area contributed by atoms with Gasteiger partial charge in [0.15, 0.2) is 0 Å². The van der Waals surface area contributed by atoms with Crippen LogP contribution in [-0.4, -0.2) is 5.11 Å². The lowest BCUT2D eigenvalue weighted by molar-refractivity contribution is 0.0131. The summed E-state index contributed by atoms with van der Waals surface area (Å²) < 4.78 is 0. The summed E-state index contributed by atoms with van der Waals surface area (Å²) in [6.07, 6.45) is 8.17. The topological polar surface area (TPSA) is 20.2 Å². The second-order valence-electron chi connectivity index (χ2n) is 4.28. The second kappa shape index (κ2) is 4.45. The van der Waals surface area contributed by atoms with Crippen LogP contribution in [0.5, 0.6) is 0 Å². The minimum atomic E-state index is -0.505. The van der Waals surface area contributed by atoms with Gasteiger partial charge in [-0.3, -0.25) is 0 Å². The normalized spacial score (nSPS) is 22.6. The Morgan fingerprint density at radius 3 is 2.29 bits per heavy atom. The first-order chi connectivity index (χ1) is 6.81. The number of aliphatic hydroxyl groups is 1. The van der Waals surface area contributed by atoms with Crippen LogP contribution < -0.4 is 0 Å². The third kappa shape index (κ3) is 2.18. The quantitative estimate of drug-likeness (QED) is 0.749. The molecule has 0 amide bonds. The number of thiophene rings is 1. The van der Waals surface area contributed by atoms with Crippen molar-refractivity contribution in [3.05, 3.63) is 22.4 Å². The minimum absolute atomic E-state index is 0.505. The summed E-state index contributed by atoms with van der Waals surface area (Å²) in [5.74, 6) is 0. The Morgan fingerprint density at radius 1 is 1.07 bits per heavy atom. The third-order valence-corrected chi connectivity index (χ3v) is 4.22. The van der Waals surface area contributed by atoms with Gasteiger partial charge >= 0.3 is 0 Å². The average Bonchev–Trinajstić information content (AvgIpc) is 2.65. The van der Waals surface area contributed by atoms with Crippen LogP contribution in [0.4, 0.5) is 0 Å². The van der Waals surface area contributed by atoms with E-state index in [4.69, 9.17) is 0 Å². The van der Waals surface area contributed by atoms with Gasteiger partial charge < -0.3 is 5.11 Å². The maximum atomic E-state index is 10.5. The first kappa shape index (κ1) is 10.2. The van der Waals surface area contributed by atoms with Gasteiger partial charge in [-0.1, -0.05) is 38.2 Å². The second-order valence-corrected chi connectivity index (χ2v) is 5.22. The molecule has 2 rings (SSSR count). The molecule has 1 N–H and O–H groups in total. The predicted octanol–water partition coefficient (Wildman–Crippen LogP) is 3.68. The molecule has 2 heteroatoms. The molecule has 1 saturated carbocycles. The van der Waals surface area contributed by atoms with Crippen LogP contribution in [0, 0.1) is 0 Å². The highest BCUT2D eigenvalue weighted by atomic mass is 32.1. The van der Waals surface area contributed by atoms with E-state index in [-0.39, 0.29) is 0 Å². The molecule has 0 aliphatic heterocycles. The van der Waals surface area contributed by atoms with Gasteiger partial charge in [0.2, 0.25) is 0 Å². The van der Waals surface area contributed by atoms with E-state index in [0.717, 1.165) is 12.8 Å². The Labute approximate surface area is 89.8 Å². The molecule has 1 heterocycles. The zero-order valence-corrected chi connectivity index (χ0v) is 9.35. The highest BCUT2D eigenvalue weighted by Gasteiger charge is 2.29. The first-order valence-corrected chi connectivity index (χ1v) is 6.46. The smallest absolute Gasteiger partial charge is 0.0987 e. The predicted molar refractivity (Wildman–Crippen MR) is 60.5 cm³/mol. The van der Waals surface area contributed by atoms with Crippen LogP contribution in [0.15, 0.2) is 17.5 Å². The lowest BCUT2D eigenvalue weighted by Crippen LogP contribution is -2.25.